The molecule has 1 N–H and O–H groups in total. The molecular weight excluding hydrogens is 320 g/mol. The third-order valence-electron chi connectivity index (χ3n) is 3.59. The Hall–Kier alpha value is -3.60. The minimum absolute atomic E-state index is 0.677. The first-order chi connectivity index (χ1) is 12.2. The zero-order valence-corrected chi connectivity index (χ0v) is 13.1. The average Bonchev–Trinajstić information content (AvgIpc) is 3.29. The Morgan fingerprint density at radius 2 is 1.40 bits per heavy atom. The Morgan fingerprint density at radius 1 is 0.840 bits per heavy atom. The van der Waals surface area contributed by atoms with Gasteiger partial charge in [0.2, 0.25) is 0 Å². The van der Waals surface area contributed by atoms with Crippen molar-refractivity contribution in [2.45, 2.75) is 0 Å². The summed E-state index contributed by atoms with van der Waals surface area (Å²) < 4.78 is 10.3. The third-order valence-corrected chi connectivity index (χ3v) is 3.59. The fourth-order valence-corrected chi connectivity index (χ4v) is 2.44. The molecule has 0 radical (unpaired) electrons. The molecule has 0 aliphatic carbocycles. The molecule has 0 fully saturated rings. The molecule has 5 heteroatoms. The number of aldehydes is 1. The van der Waals surface area contributed by atoms with Crippen LogP contribution in [0.5, 0.6) is 0 Å². The maximum Gasteiger partial charge on any atom is 0.328 e. The molecule has 0 saturated heterocycles. The monoisotopic (exact) mass is 334 g/mol. The van der Waals surface area contributed by atoms with Gasteiger partial charge in [-0.2, -0.15) is 0 Å². The molecule has 2 aromatic heterocycles. The van der Waals surface area contributed by atoms with Crippen LogP contribution in [0.2, 0.25) is 0 Å². The van der Waals surface area contributed by atoms with E-state index in [0.29, 0.717) is 5.56 Å². The number of hydrogen-bond donors (Lipinski definition) is 1. The van der Waals surface area contributed by atoms with Crippen LogP contribution in [-0.4, -0.2) is 17.4 Å². The summed E-state index contributed by atoms with van der Waals surface area (Å²) in [5.74, 6) is -0.953. The van der Waals surface area contributed by atoms with Crippen LogP contribution >= 0.6 is 0 Å². The largest absolute Gasteiger partial charge is 0.478 e. The quantitative estimate of drug-likeness (QED) is 0.431. The molecule has 0 spiro atoms. The highest BCUT2D eigenvalue weighted by molar-refractivity contribution is 5.95. The first-order valence-corrected chi connectivity index (χ1v) is 7.47. The van der Waals surface area contributed by atoms with Crippen LogP contribution < -0.4 is 0 Å². The summed E-state index contributed by atoms with van der Waals surface area (Å²) in [6, 6.07) is 14.5. The lowest BCUT2D eigenvalue weighted by Crippen LogP contribution is -1.85. The number of carbonyl (C=O) groups excluding carboxylic acids is 1. The van der Waals surface area contributed by atoms with Gasteiger partial charge in [-0.15, -0.1) is 0 Å². The first-order valence-electron chi connectivity index (χ1n) is 7.47. The van der Waals surface area contributed by atoms with Crippen LogP contribution in [0.1, 0.15) is 15.9 Å². The van der Waals surface area contributed by atoms with E-state index in [1.807, 2.05) is 30.3 Å². The number of hydrogen-bond acceptors (Lipinski definition) is 4. The number of carbonyl (C=O) groups is 2. The van der Waals surface area contributed by atoms with Crippen molar-refractivity contribution in [3.05, 3.63) is 78.3 Å². The molecule has 124 valence electrons. The number of furan rings is 2. The zero-order chi connectivity index (χ0) is 17.6. The van der Waals surface area contributed by atoms with E-state index in [0.717, 1.165) is 39.9 Å². The second-order valence-corrected chi connectivity index (χ2v) is 5.15. The van der Waals surface area contributed by atoms with Crippen molar-refractivity contribution in [1.82, 2.24) is 0 Å². The predicted molar refractivity (Wildman–Crippen MR) is 94.5 cm³/mol. The third kappa shape index (κ3) is 3.67. The maximum atomic E-state index is 10.5. The van der Waals surface area contributed by atoms with Crippen molar-refractivity contribution in [3.63, 3.8) is 0 Å². The smallest absolute Gasteiger partial charge is 0.328 e. The number of benzene rings is 2. The Labute approximate surface area is 142 Å². The molecule has 0 bridgehead atoms. The van der Waals surface area contributed by atoms with Crippen molar-refractivity contribution in [2.75, 3.05) is 0 Å². The van der Waals surface area contributed by atoms with Crippen molar-refractivity contribution in [3.8, 4) is 0 Å². The van der Waals surface area contributed by atoms with Crippen LogP contribution in [0.4, 0.5) is 0 Å². The Kier molecular flexibility index (Phi) is 4.76. The zero-order valence-electron chi connectivity index (χ0n) is 13.1. The molecule has 4 rings (SSSR count). The molecule has 5 nitrogen and oxygen atoms in total. The Balaban J connectivity index is 0.000000150. The lowest BCUT2D eigenvalue weighted by Gasteiger charge is -1.93. The average molecular weight is 334 g/mol. The number of carboxylic acid groups (broad SMARTS) is 1. The van der Waals surface area contributed by atoms with Crippen LogP contribution in [0, 0.1) is 0 Å². The van der Waals surface area contributed by atoms with E-state index in [1.54, 1.807) is 36.8 Å². The van der Waals surface area contributed by atoms with Gasteiger partial charge in [0.15, 0.2) is 6.29 Å². The number of aliphatic carboxylic acids is 1. The van der Waals surface area contributed by atoms with Gasteiger partial charge >= 0.3 is 5.97 Å². The van der Waals surface area contributed by atoms with Crippen LogP contribution in [0.3, 0.4) is 0 Å². The highest BCUT2D eigenvalue weighted by Crippen LogP contribution is 2.20. The van der Waals surface area contributed by atoms with E-state index < -0.39 is 5.97 Å². The van der Waals surface area contributed by atoms with Crippen molar-refractivity contribution >= 4 is 40.3 Å². The highest BCUT2D eigenvalue weighted by atomic mass is 16.4. The van der Waals surface area contributed by atoms with Gasteiger partial charge in [0.05, 0.1) is 12.5 Å². The Morgan fingerprint density at radius 3 is 1.96 bits per heavy atom. The summed E-state index contributed by atoms with van der Waals surface area (Å²) in [4.78, 5) is 20.8. The normalized spacial score (nSPS) is 10.7. The molecule has 0 aliphatic heterocycles. The van der Waals surface area contributed by atoms with Crippen molar-refractivity contribution in [1.29, 1.82) is 0 Å². The topological polar surface area (TPSA) is 80.6 Å². The molecule has 2 heterocycles. The summed E-state index contributed by atoms with van der Waals surface area (Å²) in [5.41, 5.74) is 3.04. The van der Waals surface area contributed by atoms with Crippen LogP contribution in [0.15, 0.2) is 76.0 Å². The predicted octanol–water partition coefficient (Wildman–Crippen LogP) is 4.78. The molecule has 2 aromatic carbocycles. The lowest BCUT2D eigenvalue weighted by atomic mass is 10.1. The SMILES string of the molecule is O=C(O)/C=C/c1cccc2occc12.O=Cc1cccc2occc12. The first kappa shape index (κ1) is 16.3. The molecule has 0 amide bonds. The summed E-state index contributed by atoms with van der Waals surface area (Å²) >= 11 is 0. The number of rotatable bonds is 3. The molecule has 0 atom stereocenters. The molecular formula is C20H14O5. The van der Waals surface area contributed by atoms with Gasteiger partial charge in [-0.25, -0.2) is 4.79 Å². The standard InChI is InChI=1S/C11H8O3.C9H6O2/c12-11(13)5-4-8-2-1-3-10-9(8)6-7-14-10;10-6-7-2-1-3-9-8(7)4-5-11-9/h1-7H,(H,12,13);1-6H/b5-4+;. The van der Waals surface area contributed by atoms with E-state index in [9.17, 15) is 9.59 Å². The van der Waals surface area contributed by atoms with Gasteiger partial charge in [0.1, 0.15) is 11.2 Å². The van der Waals surface area contributed by atoms with E-state index in [-0.39, 0.29) is 0 Å². The van der Waals surface area contributed by atoms with E-state index in [1.165, 1.54) is 0 Å². The van der Waals surface area contributed by atoms with Gasteiger partial charge in [-0.05, 0) is 35.9 Å². The summed E-state index contributed by atoms with van der Waals surface area (Å²) in [6.45, 7) is 0. The van der Waals surface area contributed by atoms with Gasteiger partial charge < -0.3 is 13.9 Å². The van der Waals surface area contributed by atoms with Crippen LogP contribution in [-0.2, 0) is 4.79 Å². The van der Waals surface area contributed by atoms with Crippen molar-refractivity contribution in [2.24, 2.45) is 0 Å². The van der Waals surface area contributed by atoms with Gasteiger partial charge in [-0.1, -0.05) is 24.3 Å². The van der Waals surface area contributed by atoms with Gasteiger partial charge in [0, 0.05) is 22.4 Å². The van der Waals surface area contributed by atoms with Gasteiger partial charge in [-0.3, -0.25) is 4.79 Å². The summed E-state index contributed by atoms with van der Waals surface area (Å²) in [5, 5.41) is 10.3. The van der Waals surface area contributed by atoms with E-state index in [4.69, 9.17) is 13.9 Å². The molecule has 0 aliphatic rings. The fraction of sp³-hybridized carbons (Fsp3) is 0. The van der Waals surface area contributed by atoms with Crippen LogP contribution in [0.25, 0.3) is 28.0 Å². The van der Waals surface area contributed by atoms with Gasteiger partial charge in [0.25, 0.3) is 0 Å². The summed E-state index contributed by atoms with van der Waals surface area (Å²) in [6.07, 6.45) is 6.67. The molecule has 25 heavy (non-hydrogen) atoms. The lowest BCUT2D eigenvalue weighted by molar-refractivity contribution is -0.131. The van der Waals surface area contributed by atoms with E-state index >= 15 is 0 Å². The molecule has 0 unspecified atom stereocenters. The second kappa shape index (κ2) is 7.31. The molecule has 0 saturated carbocycles. The maximum absolute atomic E-state index is 10.5. The highest BCUT2D eigenvalue weighted by Gasteiger charge is 2.00. The fourth-order valence-electron chi connectivity index (χ4n) is 2.44. The Bertz CT molecular complexity index is 1050. The van der Waals surface area contributed by atoms with Crippen molar-refractivity contribution < 1.29 is 23.5 Å². The minimum atomic E-state index is -0.953. The number of fused-ring (bicyclic) bond motifs is 2. The molecule has 4 aromatic rings. The second-order valence-electron chi connectivity index (χ2n) is 5.15. The summed E-state index contributed by atoms with van der Waals surface area (Å²) in [7, 11) is 0. The minimum Gasteiger partial charge on any atom is -0.478 e. The number of carboxylic acids is 1. The van der Waals surface area contributed by atoms with E-state index in [2.05, 4.69) is 0 Å².